The van der Waals surface area contributed by atoms with Gasteiger partial charge < -0.3 is 11.1 Å². The van der Waals surface area contributed by atoms with Gasteiger partial charge in [-0.15, -0.1) is 11.3 Å². The van der Waals surface area contributed by atoms with Gasteiger partial charge in [0, 0.05) is 21.3 Å². The zero-order valence-electron chi connectivity index (χ0n) is 9.88. The number of aryl methyl sites for hydroxylation is 2. The zero-order valence-corrected chi connectivity index (χ0v) is 11.5. The second-order valence-electron chi connectivity index (χ2n) is 4.04. The molecule has 0 aliphatic carbocycles. The van der Waals surface area contributed by atoms with E-state index in [1.165, 1.54) is 15.3 Å². The summed E-state index contributed by atoms with van der Waals surface area (Å²) in [7, 11) is 0. The van der Waals surface area contributed by atoms with Gasteiger partial charge in [-0.3, -0.25) is 0 Å². The molecule has 1 heterocycles. The molecule has 1 aromatic heterocycles. The van der Waals surface area contributed by atoms with E-state index in [1.807, 2.05) is 23.5 Å². The molecule has 0 saturated carbocycles. The van der Waals surface area contributed by atoms with Crippen molar-refractivity contribution in [2.75, 3.05) is 11.1 Å². The van der Waals surface area contributed by atoms with Crippen molar-refractivity contribution in [3.63, 3.8) is 0 Å². The van der Waals surface area contributed by atoms with Crippen LogP contribution in [0.25, 0.3) is 0 Å². The van der Waals surface area contributed by atoms with E-state index in [9.17, 15) is 0 Å². The molecule has 0 aliphatic heterocycles. The normalized spacial score (nSPS) is 10.5. The Morgan fingerprint density at radius 2 is 2.06 bits per heavy atom. The lowest BCUT2D eigenvalue weighted by atomic mass is 10.2. The van der Waals surface area contributed by atoms with E-state index >= 15 is 0 Å². The van der Waals surface area contributed by atoms with Gasteiger partial charge >= 0.3 is 0 Å². The van der Waals surface area contributed by atoms with Crippen LogP contribution < -0.4 is 11.1 Å². The second kappa shape index (κ2) is 4.98. The minimum atomic E-state index is 0.695. The summed E-state index contributed by atoms with van der Waals surface area (Å²) in [4.78, 5) is 2.67. The van der Waals surface area contributed by atoms with Crippen LogP contribution in [0, 0.1) is 13.8 Å². The SMILES string of the molecule is Cc1cc(CNc2cc(Cl)ccc2N)sc1C. The average Bonchev–Trinajstić information content (AvgIpc) is 2.60. The number of anilines is 2. The standard InChI is InChI=1S/C13H15ClN2S/c1-8-5-11(17-9(8)2)7-16-13-6-10(14)3-4-12(13)15/h3-6,16H,7,15H2,1-2H3. The largest absolute Gasteiger partial charge is 0.397 e. The Kier molecular flexibility index (Phi) is 3.60. The minimum Gasteiger partial charge on any atom is -0.397 e. The highest BCUT2D eigenvalue weighted by Gasteiger charge is 2.03. The minimum absolute atomic E-state index is 0.695. The smallest absolute Gasteiger partial charge is 0.0591 e. The first-order valence-electron chi connectivity index (χ1n) is 5.41. The maximum absolute atomic E-state index is 5.93. The van der Waals surface area contributed by atoms with Crippen LogP contribution in [0.5, 0.6) is 0 Å². The fraction of sp³-hybridized carbons (Fsp3) is 0.231. The molecule has 0 bridgehead atoms. The molecule has 2 rings (SSSR count). The molecule has 3 N–H and O–H groups in total. The molecule has 0 saturated heterocycles. The quantitative estimate of drug-likeness (QED) is 0.817. The summed E-state index contributed by atoms with van der Waals surface area (Å²) in [5, 5.41) is 4.01. The number of halogens is 1. The Morgan fingerprint density at radius 3 is 2.71 bits per heavy atom. The molecular weight excluding hydrogens is 252 g/mol. The van der Waals surface area contributed by atoms with Gasteiger partial charge in [-0.05, 0) is 43.7 Å². The number of hydrogen-bond acceptors (Lipinski definition) is 3. The molecule has 0 unspecified atom stereocenters. The molecule has 0 radical (unpaired) electrons. The van der Waals surface area contributed by atoms with Gasteiger partial charge in [-0.25, -0.2) is 0 Å². The third-order valence-electron chi connectivity index (χ3n) is 2.69. The van der Waals surface area contributed by atoms with Gasteiger partial charge in [0.2, 0.25) is 0 Å². The molecule has 2 aromatic rings. The van der Waals surface area contributed by atoms with Crippen LogP contribution in [0.15, 0.2) is 24.3 Å². The average molecular weight is 267 g/mol. The maximum Gasteiger partial charge on any atom is 0.0591 e. The summed E-state index contributed by atoms with van der Waals surface area (Å²) in [5.41, 5.74) is 8.82. The number of nitrogens with two attached hydrogens (primary N) is 1. The topological polar surface area (TPSA) is 38.0 Å². The van der Waals surface area contributed by atoms with Gasteiger partial charge in [-0.1, -0.05) is 11.6 Å². The highest BCUT2D eigenvalue weighted by Crippen LogP contribution is 2.25. The summed E-state index contributed by atoms with van der Waals surface area (Å²) in [5.74, 6) is 0. The van der Waals surface area contributed by atoms with Gasteiger partial charge in [0.05, 0.1) is 11.4 Å². The predicted octanol–water partition coefficient (Wildman–Crippen LogP) is 4.21. The van der Waals surface area contributed by atoms with Crippen molar-refractivity contribution in [2.45, 2.75) is 20.4 Å². The molecule has 4 heteroatoms. The fourth-order valence-electron chi connectivity index (χ4n) is 1.60. The summed E-state index contributed by atoms with van der Waals surface area (Å²) in [6.45, 7) is 5.05. The van der Waals surface area contributed by atoms with Crippen LogP contribution in [0.1, 0.15) is 15.3 Å². The van der Waals surface area contributed by atoms with E-state index in [2.05, 4.69) is 25.2 Å². The van der Waals surface area contributed by atoms with Crippen molar-refractivity contribution in [3.05, 3.63) is 44.6 Å². The number of rotatable bonds is 3. The van der Waals surface area contributed by atoms with Crippen molar-refractivity contribution in [1.29, 1.82) is 0 Å². The first-order chi connectivity index (χ1) is 8.06. The van der Waals surface area contributed by atoms with Crippen molar-refractivity contribution in [2.24, 2.45) is 0 Å². The van der Waals surface area contributed by atoms with E-state index < -0.39 is 0 Å². The number of hydrogen-bond donors (Lipinski definition) is 2. The lowest BCUT2D eigenvalue weighted by Gasteiger charge is -2.08. The molecule has 0 fully saturated rings. The number of thiophene rings is 1. The van der Waals surface area contributed by atoms with Crippen molar-refractivity contribution >= 4 is 34.3 Å². The van der Waals surface area contributed by atoms with Crippen LogP contribution in [0.4, 0.5) is 11.4 Å². The molecule has 2 nitrogen and oxygen atoms in total. The summed E-state index contributed by atoms with van der Waals surface area (Å²) in [6, 6.07) is 7.66. The van der Waals surface area contributed by atoms with Gasteiger partial charge in [-0.2, -0.15) is 0 Å². The third-order valence-corrected chi connectivity index (χ3v) is 4.07. The van der Waals surface area contributed by atoms with E-state index in [1.54, 1.807) is 6.07 Å². The molecule has 0 amide bonds. The summed E-state index contributed by atoms with van der Waals surface area (Å²) >= 11 is 7.74. The van der Waals surface area contributed by atoms with E-state index in [0.717, 1.165) is 17.9 Å². The Bertz CT molecular complexity index is 515. The summed E-state index contributed by atoms with van der Waals surface area (Å²) in [6.07, 6.45) is 0. The lowest BCUT2D eigenvalue weighted by Crippen LogP contribution is -2.00. The van der Waals surface area contributed by atoms with Crippen molar-refractivity contribution in [3.8, 4) is 0 Å². The molecule has 0 aliphatic rings. The number of benzene rings is 1. The first kappa shape index (κ1) is 12.3. The van der Waals surface area contributed by atoms with Gasteiger partial charge in [0.25, 0.3) is 0 Å². The fourth-order valence-corrected chi connectivity index (χ4v) is 2.77. The van der Waals surface area contributed by atoms with Crippen LogP contribution in [0.3, 0.4) is 0 Å². The zero-order chi connectivity index (χ0) is 12.4. The van der Waals surface area contributed by atoms with E-state index in [0.29, 0.717) is 5.02 Å². The first-order valence-corrected chi connectivity index (χ1v) is 6.60. The molecular formula is C13H15ClN2S. The molecule has 17 heavy (non-hydrogen) atoms. The highest BCUT2D eigenvalue weighted by atomic mass is 35.5. The van der Waals surface area contributed by atoms with Crippen LogP contribution >= 0.6 is 22.9 Å². The third kappa shape index (κ3) is 2.93. The Balaban J connectivity index is 2.09. The van der Waals surface area contributed by atoms with Crippen molar-refractivity contribution < 1.29 is 0 Å². The predicted molar refractivity (Wildman–Crippen MR) is 77.0 cm³/mol. The lowest BCUT2D eigenvalue weighted by molar-refractivity contribution is 1.19. The van der Waals surface area contributed by atoms with Crippen LogP contribution in [-0.4, -0.2) is 0 Å². The molecule has 0 atom stereocenters. The molecule has 1 aromatic carbocycles. The number of nitrogens with one attached hydrogen (secondary N) is 1. The highest BCUT2D eigenvalue weighted by molar-refractivity contribution is 7.12. The maximum atomic E-state index is 5.93. The molecule has 90 valence electrons. The van der Waals surface area contributed by atoms with Gasteiger partial charge in [0.1, 0.15) is 0 Å². The summed E-state index contributed by atoms with van der Waals surface area (Å²) < 4.78 is 0. The Labute approximate surface area is 110 Å². The van der Waals surface area contributed by atoms with E-state index in [-0.39, 0.29) is 0 Å². The Morgan fingerprint density at radius 1 is 1.29 bits per heavy atom. The number of nitrogen functional groups attached to an aromatic ring is 1. The van der Waals surface area contributed by atoms with Crippen LogP contribution in [0.2, 0.25) is 5.02 Å². The van der Waals surface area contributed by atoms with E-state index in [4.69, 9.17) is 17.3 Å². The molecule has 0 spiro atoms. The Hall–Kier alpha value is -1.19. The van der Waals surface area contributed by atoms with Gasteiger partial charge in [0.15, 0.2) is 0 Å². The van der Waals surface area contributed by atoms with Crippen molar-refractivity contribution in [1.82, 2.24) is 0 Å². The van der Waals surface area contributed by atoms with Crippen LogP contribution in [-0.2, 0) is 6.54 Å². The second-order valence-corrected chi connectivity index (χ2v) is 5.81. The monoisotopic (exact) mass is 266 g/mol.